The number of nitriles is 1. The summed E-state index contributed by atoms with van der Waals surface area (Å²) in [5.41, 5.74) is 2.13. The van der Waals surface area contributed by atoms with E-state index < -0.39 is 0 Å². The van der Waals surface area contributed by atoms with Crippen molar-refractivity contribution in [2.45, 2.75) is 6.54 Å². The average molecular weight is 312 g/mol. The highest BCUT2D eigenvalue weighted by atomic mass is 35.5. The fourth-order valence-electron chi connectivity index (χ4n) is 1.60. The molecule has 0 aromatic heterocycles. The molecule has 96 valence electrons. The molecule has 5 heteroatoms. The summed E-state index contributed by atoms with van der Waals surface area (Å²) in [5.74, 6) is 0. The highest BCUT2D eigenvalue weighted by Gasteiger charge is 2.05. The molecular weight excluding hydrogens is 303 g/mol. The van der Waals surface area contributed by atoms with E-state index in [0.717, 1.165) is 11.3 Å². The summed E-state index contributed by atoms with van der Waals surface area (Å²) in [6, 6.07) is 12.7. The highest BCUT2D eigenvalue weighted by Crippen LogP contribution is 2.26. The quantitative estimate of drug-likeness (QED) is 0.853. The minimum atomic E-state index is 0.434. The Morgan fingerprint density at radius 3 is 2.58 bits per heavy atom. The van der Waals surface area contributed by atoms with Crippen LogP contribution in [-0.4, -0.2) is 0 Å². The number of nitrogens with one attached hydrogen (secondary N) is 1. The molecule has 1 N–H and O–H groups in total. The average Bonchev–Trinajstić information content (AvgIpc) is 2.42. The number of rotatable bonds is 3. The molecule has 0 radical (unpaired) electrons. The van der Waals surface area contributed by atoms with Crippen molar-refractivity contribution in [1.29, 1.82) is 5.26 Å². The van der Waals surface area contributed by atoms with Gasteiger partial charge in [0.25, 0.3) is 0 Å². The Labute approximate surface area is 126 Å². The van der Waals surface area contributed by atoms with E-state index in [9.17, 15) is 0 Å². The van der Waals surface area contributed by atoms with Crippen LogP contribution in [0.15, 0.2) is 36.4 Å². The van der Waals surface area contributed by atoms with Gasteiger partial charge in [0.05, 0.1) is 20.6 Å². The number of halogens is 3. The number of hydrogen-bond donors (Lipinski definition) is 1. The first-order valence-corrected chi connectivity index (χ1v) is 6.61. The first-order chi connectivity index (χ1) is 9.11. The lowest BCUT2D eigenvalue weighted by molar-refractivity contribution is 1.15. The molecule has 0 unspecified atom stereocenters. The normalized spacial score (nSPS) is 10.0. The van der Waals surface area contributed by atoms with Crippen molar-refractivity contribution < 1.29 is 0 Å². The van der Waals surface area contributed by atoms with Crippen molar-refractivity contribution in [1.82, 2.24) is 0 Å². The molecule has 2 nitrogen and oxygen atoms in total. The van der Waals surface area contributed by atoms with Gasteiger partial charge < -0.3 is 5.32 Å². The molecule has 0 aliphatic heterocycles. The van der Waals surface area contributed by atoms with Crippen LogP contribution in [0.4, 0.5) is 5.69 Å². The van der Waals surface area contributed by atoms with Crippen LogP contribution in [0.5, 0.6) is 0 Å². The van der Waals surface area contributed by atoms with Gasteiger partial charge >= 0.3 is 0 Å². The van der Waals surface area contributed by atoms with E-state index in [1.807, 2.05) is 24.3 Å². The van der Waals surface area contributed by atoms with Gasteiger partial charge in [-0.3, -0.25) is 0 Å². The fraction of sp³-hybridized carbons (Fsp3) is 0.0714. The van der Waals surface area contributed by atoms with Gasteiger partial charge in [0.15, 0.2) is 0 Å². The molecule has 0 saturated heterocycles. The summed E-state index contributed by atoms with van der Waals surface area (Å²) in [5, 5.41) is 13.6. The van der Waals surface area contributed by atoms with Crippen LogP contribution in [0, 0.1) is 11.3 Å². The maximum atomic E-state index is 8.91. The third-order valence-corrected chi connectivity index (χ3v) is 3.79. The van der Waals surface area contributed by atoms with Crippen molar-refractivity contribution in [3.63, 3.8) is 0 Å². The smallest absolute Gasteiger partial charge is 0.101 e. The molecule has 0 heterocycles. The van der Waals surface area contributed by atoms with Gasteiger partial charge in [0.2, 0.25) is 0 Å². The van der Waals surface area contributed by atoms with Crippen molar-refractivity contribution in [3.8, 4) is 6.07 Å². The predicted molar refractivity (Wildman–Crippen MR) is 80.0 cm³/mol. The third-order valence-electron chi connectivity index (χ3n) is 2.60. The zero-order valence-corrected chi connectivity index (χ0v) is 12.0. The second kappa shape index (κ2) is 6.16. The van der Waals surface area contributed by atoms with Gasteiger partial charge in [-0.15, -0.1) is 0 Å². The molecule has 19 heavy (non-hydrogen) atoms. The van der Waals surface area contributed by atoms with Crippen LogP contribution in [0.3, 0.4) is 0 Å². The molecule has 2 rings (SSSR count). The molecule has 2 aromatic rings. The van der Waals surface area contributed by atoms with E-state index in [0.29, 0.717) is 27.2 Å². The van der Waals surface area contributed by atoms with Crippen molar-refractivity contribution in [2.24, 2.45) is 0 Å². The Bertz CT molecular complexity index is 648. The fourth-order valence-corrected chi connectivity index (χ4v) is 2.15. The molecule has 0 atom stereocenters. The van der Waals surface area contributed by atoms with E-state index in [-0.39, 0.29) is 0 Å². The monoisotopic (exact) mass is 310 g/mol. The number of nitrogens with zero attached hydrogens (tertiary/aromatic N) is 1. The minimum absolute atomic E-state index is 0.434. The largest absolute Gasteiger partial charge is 0.381 e. The van der Waals surface area contributed by atoms with Crippen LogP contribution in [0.25, 0.3) is 0 Å². The van der Waals surface area contributed by atoms with Gasteiger partial charge in [0.1, 0.15) is 6.07 Å². The lowest BCUT2D eigenvalue weighted by Crippen LogP contribution is -2.00. The summed E-state index contributed by atoms with van der Waals surface area (Å²) in [7, 11) is 0. The Morgan fingerprint density at radius 2 is 1.84 bits per heavy atom. The van der Waals surface area contributed by atoms with E-state index in [1.54, 1.807) is 18.2 Å². The SMILES string of the molecule is N#Cc1cc(NCc2cccc(Cl)c2Cl)ccc1Cl. The molecule has 0 fully saturated rings. The third kappa shape index (κ3) is 3.33. The topological polar surface area (TPSA) is 35.8 Å². The summed E-state index contributed by atoms with van der Waals surface area (Å²) >= 11 is 17.9. The maximum absolute atomic E-state index is 8.91. The second-order valence-corrected chi connectivity index (χ2v) is 5.07. The van der Waals surface area contributed by atoms with Gasteiger partial charge in [-0.05, 0) is 29.8 Å². The zero-order chi connectivity index (χ0) is 13.8. The van der Waals surface area contributed by atoms with Crippen LogP contribution >= 0.6 is 34.8 Å². The predicted octanol–water partition coefficient (Wildman–Crippen LogP) is 5.13. The lowest BCUT2D eigenvalue weighted by atomic mass is 10.2. The Balaban J connectivity index is 2.15. The number of anilines is 1. The molecule has 0 aliphatic rings. The van der Waals surface area contributed by atoms with Gasteiger partial charge in [-0.1, -0.05) is 46.9 Å². The Hall–Kier alpha value is -1.40. The first-order valence-electron chi connectivity index (χ1n) is 5.48. The summed E-state index contributed by atoms with van der Waals surface area (Å²) in [6.45, 7) is 0.520. The Morgan fingerprint density at radius 1 is 1.05 bits per heavy atom. The van der Waals surface area contributed by atoms with Crippen molar-refractivity contribution in [3.05, 3.63) is 62.6 Å². The molecule has 2 aromatic carbocycles. The maximum Gasteiger partial charge on any atom is 0.101 e. The first kappa shape index (κ1) is 14.0. The van der Waals surface area contributed by atoms with E-state index in [4.69, 9.17) is 40.1 Å². The van der Waals surface area contributed by atoms with Crippen LogP contribution in [0.1, 0.15) is 11.1 Å². The molecule has 0 spiro atoms. The van der Waals surface area contributed by atoms with E-state index in [1.165, 1.54) is 0 Å². The molecule has 0 aliphatic carbocycles. The van der Waals surface area contributed by atoms with E-state index >= 15 is 0 Å². The standard InChI is InChI=1S/C14H9Cl3N2/c15-12-5-4-11(6-10(12)7-18)19-8-9-2-1-3-13(16)14(9)17/h1-6,19H,8H2. The summed E-state index contributed by atoms with van der Waals surface area (Å²) in [4.78, 5) is 0. The van der Waals surface area contributed by atoms with Crippen LogP contribution in [-0.2, 0) is 6.54 Å². The molecular formula is C14H9Cl3N2. The summed E-state index contributed by atoms with van der Waals surface area (Å²) < 4.78 is 0. The molecule has 0 amide bonds. The van der Waals surface area contributed by atoms with Gasteiger partial charge in [-0.2, -0.15) is 5.26 Å². The zero-order valence-electron chi connectivity index (χ0n) is 9.75. The number of benzene rings is 2. The van der Waals surface area contributed by atoms with Gasteiger partial charge in [-0.25, -0.2) is 0 Å². The minimum Gasteiger partial charge on any atom is -0.381 e. The highest BCUT2D eigenvalue weighted by molar-refractivity contribution is 6.42. The van der Waals surface area contributed by atoms with Crippen LogP contribution in [0.2, 0.25) is 15.1 Å². The second-order valence-electron chi connectivity index (χ2n) is 3.87. The molecule has 0 bridgehead atoms. The van der Waals surface area contributed by atoms with E-state index in [2.05, 4.69) is 5.32 Å². The molecule has 0 saturated carbocycles. The summed E-state index contributed by atoms with van der Waals surface area (Å²) in [6.07, 6.45) is 0. The lowest BCUT2D eigenvalue weighted by Gasteiger charge is -2.09. The Kier molecular flexibility index (Phi) is 4.55. The van der Waals surface area contributed by atoms with Crippen molar-refractivity contribution in [2.75, 3.05) is 5.32 Å². The number of hydrogen-bond acceptors (Lipinski definition) is 2. The van der Waals surface area contributed by atoms with Gasteiger partial charge in [0, 0.05) is 12.2 Å². The van der Waals surface area contributed by atoms with Crippen LogP contribution < -0.4 is 5.32 Å². The van der Waals surface area contributed by atoms with Crippen molar-refractivity contribution >= 4 is 40.5 Å².